The zero-order chi connectivity index (χ0) is 16.2. The molecule has 0 bridgehead atoms. The number of hydrogen-bond acceptors (Lipinski definition) is 3. The van der Waals surface area contributed by atoms with Gasteiger partial charge in [-0.15, -0.1) is 0 Å². The minimum Gasteiger partial charge on any atom is -0.381 e. The molecule has 3 rings (SSSR count). The van der Waals surface area contributed by atoms with Gasteiger partial charge < -0.3 is 9.64 Å². The Morgan fingerprint density at radius 2 is 1.96 bits per heavy atom. The predicted molar refractivity (Wildman–Crippen MR) is 86.3 cm³/mol. The zero-order valence-corrected chi connectivity index (χ0v) is 13.8. The highest BCUT2D eigenvalue weighted by Gasteiger charge is 2.29. The number of ether oxygens (including phenoxy) is 1. The van der Waals surface area contributed by atoms with Gasteiger partial charge in [0.05, 0.1) is 0 Å². The Kier molecular flexibility index (Phi) is 5.54. The van der Waals surface area contributed by atoms with Crippen LogP contribution in [0.5, 0.6) is 0 Å². The first kappa shape index (κ1) is 16.7. The quantitative estimate of drug-likeness (QED) is 0.826. The fourth-order valence-electron chi connectivity index (χ4n) is 3.20. The van der Waals surface area contributed by atoms with Gasteiger partial charge >= 0.3 is 0 Å². The van der Waals surface area contributed by atoms with Crippen molar-refractivity contribution in [1.82, 2.24) is 4.90 Å². The van der Waals surface area contributed by atoms with E-state index in [0.717, 1.165) is 24.7 Å². The van der Waals surface area contributed by atoms with Crippen LogP contribution >= 0.6 is 11.8 Å². The lowest BCUT2D eigenvalue weighted by Crippen LogP contribution is -2.39. The van der Waals surface area contributed by atoms with E-state index in [1.54, 1.807) is 11.8 Å². The lowest BCUT2D eigenvalue weighted by atomic mass is 9.98. The standard InChI is InChI=1S/C17H21F2NO2S/c18-13-1-2-15(19)14(11-13)16-3-6-20(7-10-23-16)17(21)12-4-8-22-9-5-12/h1-2,11-12,16H,3-10H2. The molecule has 0 N–H and O–H groups in total. The summed E-state index contributed by atoms with van der Waals surface area (Å²) in [5.74, 6) is 0.204. The van der Waals surface area contributed by atoms with Crippen LogP contribution in [0.3, 0.4) is 0 Å². The number of thioether (sulfide) groups is 1. The summed E-state index contributed by atoms with van der Waals surface area (Å²) in [5.41, 5.74) is 0.412. The van der Waals surface area contributed by atoms with Crippen molar-refractivity contribution in [3.8, 4) is 0 Å². The first-order valence-corrected chi connectivity index (χ1v) is 9.13. The molecule has 1 aromatic carbocycles. The van der Waals surface area contributed by atoms with E-state index in [-0.39, 0.29) is 22.9 Å². The van der Waals surface area contributed by atoms with Crippen molar-refractivity contribution in [2.45, 2.75) is 24.5 Å². The van der Waals surface area contributed by atoms with Crippen LogP contribution in [0.15, 0.2) is 18.2 Å². The molecule has 0 radical (unpaired) electrons. The topological polar surface area (TPSA) is 29.5 Å². The fraction of sp³-hybridized carbons (Fsp3) is 0.588. The molecule has 1 aromatic rings. The SMILES string of the molecule is O=C(C1CCOCC1)N1CCSC(c2cc(F)ccc2F)CC1. The van der Waals surface area contributed by atoms with Gasteiger partial charge in [0, 0.05) is 48.8 Å². The molecule has 0 saturated carbocycles. The number of carbonyl (C=O) groups is 1. The molecule has 1 unspecified atom stereocenters. The van der Waals surface area contributed by atoms with Crippen LogP contribution in [0.1, 0.15) is 30.1 Å². The first-order valence-electron chi connectivity index (χ1n) is 8.08. The van der Waals surface area contributed by atoms with Crippen LogP contribution in [0, 0.1) is 17.6 Å². The highest BCUT2D eigenvalue weighted by atomic mass is 32.2. The summed E-state index contributed by atoms with van der Waals surface area (Å²) < 4.78 is 32.7. The first-order chi connectivity index (χ1) is 11.1. The molecule has 0 aliphatic carbocycles. The van der Waals surface area contributed by atoms with E-state index in [2.05, 4.69) is 0 Å². The van der Waals surface area contributed by atoms with Crippen LogP contribution < -0.4 is 0 Å². The Bertz CT molecular complexity index is 564. The van der Waals surface area contributed by atoms with Gasteiger partial charge in [0.2, 0.25) is 5.91 Å². The Labute approximate surface area is 139 Å². The number of carbonyl (C=O) groups excluding carboxylic acids is 1. The normalized spacial score (nSPS) is 23.6. The van der Waals surface area contributed by atoms with Crippen LogP contribution in [-0.2, 0) is 9.53 Å². The van der Waals surface area contributed by atoms with Crippen molar-refractivity contribution in [3.63, 3.8) is 0 Å². The average Bonchev–Trinajstić information content (AvgIpc) is 2.83. The molecule has 2 aliphatic rings. The van der Waals surface area contributed by atoms with E-state index in [1.165, 1.54) is 12.1 Å². The number of amides is 1. The Balaban J connectivity index is 1.64. The second-order valence-electron chi connectivity index (χ2n) is 6.03. The molecule has 3 nitrogen and oxygen atoms in total. The lowest BCUT2D eigenvalue weighted by Gasteiger charge is -2.28. The van der Waals surface area contributed by atoms with E-state index in [9.17, 15) is 13.6 Å². The molecule has 2 fully saturated rings. The summed E-state index contributed by atoms with van der Waals surface area (Å²) >= 11 is 1.60. The van der Waals surface area contributed by atoms with Crippen molar-refractivity contribution in [2.24, 2.45) is 5.92 Å². The minimum atomic E-state index is -0.415. The van der Waals surface area contributed by atoms with Crippen molar-refractivity contribution in [2.75, 3.05) is 32.1 Å². The van der Waals surface area contributed by atoms with Gasteiger partial charge in [-0.25, -0.2) is 8.78 Å². The van der Waals surface area contributed by atoms with E-state index in [4.69, 9.17) is 4.74 Å². The largest absolute Gasteiger partial charge is 0.381 e. The van der Waals surface area contributed by atoms with Gasteiger partial charge in [0.15, 0.2) is 0 Å². The molecule has 1 amide bonds. The second-order valence-corrected chi connectivity index (χ2v) is 7.34. The maximum Gasteiger partial charge on any atom is 0.225 e. The van der Waals surface area contributed by atoms with Crippen molar-refractivity contribution in [1.29, 1.82) is 0 Å². The van der Waals surface area contributed by atoms with Crippen molar-refractivity contribution < 1.29 is 18.3 Å². The maximum absolute atomic E-state index is 14.0. The van der Waals surface area contributed by atoms with Crippen LogP contribution in [0.25, 0.3) is 0 Å². The maximum atomic E-state index is 14.0. The van der Waals surface area contributed by atoms with Gasteiger partial charge in [-0.2, -0.15) is 11.8 Å². The molecule has 23 heavy (non-hydrogen) atoms. The molecule has 1 atom stereocenters. The molecular formula is C17H21F2NO2S. The van der Waals surface area contributed by atoms with Crippen LogP contribution in [0.4, 0.5) is 8.78 Å². The van der Waals surface area contributed by atoms with Gasteiger partial charge in [-0.05, 0) is 37.5 Å². The second kappa shape index (κ2) is 7.62. The molecule has 2 heterocycles. The Hall–Kier alpha value is -1.14. The number of hydrogen-bond donors (Lipinski definition) is 0. The van der Waals surface area contributed by atoms with Crippen molar-refractivity contribution >= 4 is 17.7 Å². The molecule has 0 aromatic heterocycles. The monoisotopic (exact) mass is 341 g/mol. The van der Waals surface area contributed by atoms with E-state index in [0.29, 0.717) is 38.3 Å². The number of benzene rings is 1. The Morgan fingerprint density at radius 1 is 1.17 bits per heavy atom. The fourth-order valence-corrected chi connectivity index (χ4v) is 4.45. The highest BCUT2D eigenvalue weighted by Crippen LogP contribution is 2.36. The third-order valence-corrected chi connectivity index (χ3v) is 5.84. The molecule has 126 valence electrons. The smallest absolute Gasteiger partial charge is 0.225 e. The van der Waals surface area contributed by atoms with Gasteiger partial charge in [0.25, 0.3) is 0 Å². The van der Waals surface area contributed by atoms with E-state index < -0.39 is 5.82 Å². The molecule has 0 spiro atoms. The van der Waals surface area contributed by atoms with E-state index in [1.807, 2.05) is 4.90 Å². The average molecular weight is 341 g/mol. The minimum absolute atomic E-state index is 0.0520. The van der Waals surface area contributed by atoms with Crippen LogP contribution in [-0.4, -0.2) is 42.9 Å². The molecular weight excluding hydrogens is 320 g/mol. The molecule has 6 heteroatoms. The lowest BCUT2D eigenvalue weighted by molar-refractivity contribution is -0.138. The summed E-state index contributed by atoms with van der Waals surface area (Å²) in [7, 11) is 0. The van der Waals surface area contributed by atoms with E-state index >= 15 is 0 Å². The zero-order valence-electron chi connectivity index (χ0n) is 13.0. The molecule has 2 saturated heterocycles. The van der Waals surface area contributed by atoms with Gasteiger partial charge in [-0.3, -0.25) is 4.79 Å². The predicted octanol–water partition coefficient (Wildman–Crippen LogP) is 3.40. The molecule has 2 aliphatic heterocycles. The van der Waals surface area contributed by atoms with Crippen LogP contribution in [0.2, 0.25) is 0 Å². The van der Waals surface area contributed by atoms with Gasteiger partial charge in [0.1, 0.15) is 11.6 Å². The third kappa shape index (κ3) is 4.04. The summed E-state index contributed by atoms with van der Waals surface area (Å²) in [4.78, 5) is 14.5. The summed E-state index contributed by atoms with van der Waals surface area (Å²) in [6, 6.07) is 3.60. The number of halogens is 2. The Morgan fingerprint density at radius 3 is 2.74 bits per heavy atom. The number of rotatable bonds is 2. The van der Waals surface area contributed by atoms with Crippen molar-refractivity contribution in [3.05, 3.63) is 35.4 Å². The van der Waals surface area contributed by atoms with Gasteiger partial charge in [-0.1, -0.05) is 0 Å². The number of nitrogens with zero attached hydrogens (tertiary/aromatic N) is 1. The summed E-state index contributed by atoms with van der Waals surface area (Å²) in [6.07, 6.45) is 2.22. The summed E-state index contributed by atoms with van der Waals surface area (Å²) in [5, 5.41) is -0.0989. The highest BCUT2D eigenvalue weighted by molar-refractivity contribution is 7.99. The summed E-state index contributed by atoms with van der Waals surface area (Å²) in [6.45, 7) is 2.57. The third-order valence-electron chi connectivity index (χ3n) is 4.53.